The zero-order valence-corrected chi connectivity index (χ0v) is 16.3. The van der Waals surface area contributed by atoms with Crippen molar-refractivity contribution in [2.75, 3.05) is 0 Å². The van der Waals surface area contributed by atoms with Crippen molar-refractivity contribution in [1.82, 2.24) is 5.32 Å². The molecular formula is C20H13BrN2O3S. The average Bonchev–Trinajstić information content (AvgIpc) is 3.25. The Kier molecular flexibility index (Phi) is 4.87. The van der Waals surface area contributed by atoms with Gasteiger partial charge in [0.1, 0.15) is 17.3 Å². The number of furan rings is 1. The van der Waals surface area contributed by atoms with Crippen molar-refractivity contribution in [2.45, 2.75) is 0 Å². The van der Waals surface area contributed by atoms with Crippen LogP contribution in [0.1, 0.15) is 5.76 Å². The Morgan fingerprint density at radius 1 is 1.04 bits per heavy atom. The molecule has 0 spiro atoms. The van der Waals surface area contributed by atoms with E-state index >= 15 is 0 Å². The van der Waals surface area contributed by atoms with E-state index in [4.69, 9.17) is 4.42 Å². The highest BCUT2D eigenvalue weighted by atomic mass is 79.9. The van der Waals surface area contributed by atoms with Crippen molar-refractivity contribution in [1.29, 1.82) is 0 Å². The molecule has 1 amide bonds. The minimum Gasteiger partial charge on any atom is -0.508 e. The molecule has 27 heavy (non-hydrogen) atoms. The van der Waals surface area contributed by atoms with Gasteiger partial charge in [-0.05, 0) is 60.3 Å². The lowest BCUT2D eigenvalue weighted by Crippen LogP contribution is -2.19. The Labute approximate surface area is 167 Å². The van der Waals surface area contributed by atoms with Crippen LogP contribution in [-0.4, -0.2) is 16.2 Å². The molecular weight excluding hydrogens is 428 g/mol. The quantitative estimate of drug-likeness (QED) is 0.541. The standard InChI is InChI=1S/C20H13BrN2O3S/c21-13-3-1-12(2-4-13)17-10-9-16(26-17)11-18-19(25)23-20(27-18)22-14-5-7-15(24)8-6-14/h1-11,24H,(H,22,23,25). The van der Waals surface area contributed by atoms with Crippen LogP contribution in [0.25, 0.3) is 17.4 Å². The maximum Gasteiger partial charge on any atom is 0.264 e. The van der Waals surface area contributed by atoms with Crippen LogP contribution < -0.4 is 5.32 Å². The van der Waals surface area contributed by atoms with Crippen LogP contribution in [0.2, 0.25) is 0 Å². The summed E-state index contributed by atoms with van der Waals surface area (Å²) in [7, 11) is 0. The number of nitrogens with zero attached hydrogens (tertiary/aromatic N) is 1. The number of amides is 1. The largest absolute Gasteiger partial charge is 0.508 e. The number of hydrogen-bond donors (Lipinski definition) is 2. The Bertz CT molecular complexity index is 1050. The van der Waals surface area contributed by atoms with Crippen molar-refractivity contribution < 1.29 is 14.3 Å². The summed E-state index contributed by atoms with van der Waals surface area (Å²) in [6.45, 7) is 0. The molecule has 0 atom stereocenters. The molecule has 4 rings (SSSR count). The second-order valence-corrected chi connectivity index (χ2v) is 7.65. The lowest BCUT2D eigenvalue weighted by Gasteiger charge is -1.97. The summed E-state index contributed by atoms with van der Waals surface area (Å²) in [5.74, 6) is 1.27. The molecule has 5 nitrogen and oxygen atoms in total. The van der Waals surface area contributed by atoms with Crippen molar-refractivity contribution in [3.05, 3.63) is 75.8 Å². The van der Waals surface area contributed by atoms with E-state index in [9.17, 15) is 9.90 Å². The van der Waals surface area contributed by atoms with E-state index < -0.39 is 0 Å². The SMILES string of the molecule is O=C1NC(=Nc2ccc(O)cc2)SC1=Cc1ccc(-c2ccc(Br)cc2)o1. The molecule has 1 aliphatic heterocycles. The molecule has 2 heterocycles. The summed E-state index contributed by atoms with van der Waals surface area (Å²) < 4.78 is 6.83. The second-order valence-electron chi connectivity index (χ2n) is 5.71. The number of nitrogens with one attached hydrogen (secondary N) is 1. The third-order valence-electron chi connectivity index (χ3n) is 3.76. The number of aromatic hydroxyl groups is 1. The van der Waals surface area contributed by atoms with Crippen molar-refractivity contribution >= 4 is 50.5 Å². The number of thioether (sulfide) groups is 1. The molecule has 1 aromatic heterocycles. The van der Waals surface area contributed by atoms with Crippen LogP contribution >= 0.6 is 27.7 Å². The smallest absolute Gasteiger partial charge is 0.264 e. The molecule has 1 saturated heterocycles. The third-order valence-corrected chi connectivity index (χ3v) is 5.20. The number of phenols is 1. The number of benzene rings is 2. The predicted octanol–water partition coefficient (Wildman–Crippen LogP) is 5.31. The summed E-state index contributed by atoms with van der Waals surface area (Å²) >= 11 is 4.65. The van der Waals surface area contributed by atoms with Gasteiger partial charge in [0.05, 0.1) is 10.6 Å². The van der Waals surface area contributed by atoms with Gasteiger partial charge in [-0.3, -0.25) is 4.79 Å². The molecule has 2 N–H and O–H groups in total. The molecule has 134 valence electrons. The number of halogens is 1. The molecule has 0 bridgehead atoms. The van der Waals surface area contributed by atoms with Crippen LogP contribution in [0.15, 0.2) is 79.5 Å². The minimum absolute atomic E-state index is 0.169. The Morgan fingerprint density at radius 3 is 2.52 bits per heavy atom. The Morgan fingerprint density at radius 2 is 1.78 bits per heavy atom. The number of phenolic OH excluding ortho intramolecular Hbond substituents is 1. The average molecular weight is 441 g/mol. The number of carbonyl (C=O) groups excluding carboxylic acids is 1. The summed E-state index contributed by atoms with van der Waals surface area (Å²) in [5, 5.41) is 12.5. The molecule has 0 saturated carbocycles. The van der Waals surface area contributed by atoms with Crippen LogP contribution in [-0.2, 0) is 4.79 Å². The van der Waals surface area contributed by atoms with E-state index in [2.05, 4.69) is 26.2 Å². The summed E-state index contributed by atoms with van der Waals surface area (Å²) in [6.07, 6.45) is 1.70. The van der Waals surface area contributed by atoms with Crippen LogP contribution in [0.3, 0.4) is 0 Å². The fraction of sp³-hybridized carbons (Fsp3) is 0. The van der Waals surface area contributed by atoms with Gasteiger partial charge < -0.3 is 14.8 Å². The first-order valence-corrected chi connectivity index (χ1v) is 9.62. The highest BCUT2D eigenvalue weighted by Crippen LogP contribution is 2.30. The maximum absolute atomic E-state index is 12.2. The fourth-order valence-corrected chi connectivity index (χ4v) is 3.54. The molecule has 0 aliphatic carbocycles. The van der Waals surface area contributed by atoms with Gasteiger partial charge in [0, 0.05) is 16.1 Å². The molecule has 0 radical (unpaired) electrons. The first-order valence-electron chi connectivity index (χ1n) is 8.01. The fourth-order valence-electron chi connectivity index (χ4n) is 2.45. The van der Waals surface area contributed by atoms with Crippen LogP contribution in [0.5, 0.6) is 5.75 Å². The minimum atomic E-state index is -0.223. The molecule has 2 aromatic carbocycles. The lowest BCUT2D eigenvalue weighted by molar-refractivity contribution is -0.115. The number of carbonyl (C=O) groups is 1. The van der Waals surface area contributed by atoms with Gasteiger partial charge >= 0.3 is 0 Å². The van der Waals surface area contributed by atoms with Gasteiger partial charge in [0.2, 0.25) is 0 Å². The Hall–Kier alpha value is -2.77. The van der Waals surface area contributed by atoms with Gasteiger partial charge in [0.25, 0.3) is 5.91 Å². The highest BCUT2D eigenvalue weighted by Gasteiger charge is 2.24. The monoisotopic (exact) mass is 440 g/mol. The number of aliphatic imine (C=N–C) groups is 1. The van der Waals surface area contributed by atoms with Gasteiger partial charge in [-0.2, -0.15) is 0 Å². The topological polar surface area (TPSA) is 74.8 Å². The number of hydrogen-bond acceptors (Lipinski definition) is 5. The van der Waals surface area contributed by atoms with Gasteiger partial charge in [0.15, 0.2) is 5.17 Å². The van der Waals surface area contributed by atoms with Crippen molar-refractivity contribution in [3.8, 4) is 17.1 Å². The second kappa shape index (κ2) is 7.46. The molecule has 0 unspecified atom stereocenters. The van der Waals surface area contributed by atoms with E-state index in [0.717, 1.165) is 15.8 Å². The van der Waals surface area contributed by atoms with E-state index in [1.54, 1.807) is 30.3 Å². The lowest BCUT2D eigenvalue weighted by atomic mass is 10.2. The number of rotatable bonds is 3. The highest BCUT2D eigenvalue weighted by molar-refractivity contribution is 9.10. The zero-order chi connectivity index (χ0) is 18.8. The van der Waals surface area contributed by atoms with Crippen LogP contribution in [0, 0.1) is 0 Å². The van der Waals surface area contributed by atoms with E-state index in [1.165, 1.54) is 11.8 Å². The molecule has 1 fully saturated rings. The predicted molar refractivity (Wildman–Crippen MR) is 111 cm³/mol. The first kappa shape index (κ1) is 17.6. The van der Waals surface area contributed by atoms with E-state index in [0.29, 0.717) is 21.5 Å². The van der Waals surface area contributed by atoms with E-state index in [1.807, 2.05) is 36.4 Å². The summed E-state index contributed by atoms with van der Waals surface area (Å²) in [5.41, 5.74) is 1.60. The number of amidine groups is 1. The van der Waals surface area contributed by atoms with Gasteiger partial charge in [-0.15, -0.1) is 0 Å². The maximum atomic E-state index is 12.2. The third kappa shape index (κ3) is 4.15. The van der Waals surface area contributed by atoms with Crippen LogP contribution in [0.4, 0.5) is 5.69 Å². The summed E-state index contributed by atoms with van der Waals surface area (Å²) in [4.78, 5) is 17.0. The summed E-state index contributed by atoms with van der Waals surface area (Å²) in [6, 6.07) is 17.9. The van der Waals surface area contributed by atoms with Crippen molar-refractivity contribution in [3.63, 3.8) is 0 Å². The van der Waals surface area contributed by atoms with Crippen molar-refractivity contribution in [2.24, 2.45) is 4.99 Å². The van der Waals surface area contributed by atoms with Gasteiger partial charge in [-0.1, -0.05) is 28.1 Å². The first-order chi connectivity index (χ1) is 13.1. The molecule has 3 aromatic rings. The molecule has 1 aliphatic rings. The van der Waals surface area contributed by atoms with Gasteiger partial charge in [-0.25, -0.2) is 4.99 Å². The normalized spacial score (nSPS) is 16.9. The van der Waals surface area contributed by atoms with E-state index in [-0.39, 0.29) is 11.7 Å². The zero-order valence-electron chi connectivity index (χ0n) is 13.8. The Balaban J connectivity index is 1.53. The molecule has 7 heteroatoms.